The van der Waals surface area contributed by atoms with Gasteiger partial charge in [-0.3, -0.25) is 0 Å². The fourth-order valence-corrected chi connectivity index (χ4v) is 3.08. The molecule has 0 radical (unpaired) electrons. The van der Waals surface area contributed by atoms with Gasteiger partial charge in [0, 0.05) is 19.1 Å². The summed E-state index contributed by atoms with van der Waals surface area (Å²) in [5.74, 6) is 1.83. The summed E-state index contributed by atoms with van der Waals surface area (Å²) in [5, 5.41) is 3.68. The topological polar surface area (TPSA) is 15.3 Å². The van der Waals surface area contributed by atoms with Gasteiger partial charge in [-0.1, -0.05) is 27.7 Å². The van der Waals surface area contributed by atoms with Gasteiger partial charge in [-0.2, -0.15) is 0 Å². The SMILES string of the molecule is CCC(CC)NCCN1CCCC(C(C)C)CC1. The minimum absolute atomic E-state index is 0.723. The highest BCUT2D eigenvalue weighted by molar-refractivity contribution is 4.73. The molecule has 1 atom stereocenters. The Morgan fingerprint density at radius 1 is 1.11 bits per heavy atom. The van der Waals surface area contributed by atoms with Gasteiger partial charge in [-0.05, 0) is 57.0 Å². The molecule has 1 saturated heterocycles. The summed E-state index contributed by atoms with van der Waals surface area (Å²) in [7, 11) is 0. The van der Waals surface area contributed by atoms with Crippen LogP contribution in [0, 0.1) is 11.8 Å². The number of likely N-dealkylation sites (tertiary alicyclic amines) is 1. The molecule has 0 saturated carbocycles. The van der Waals surface area contributed by atoms with Crippen molar-refractivity contribution >= 4 is 0 Å². The van der Waals surface area contributed by atoms with Crippen molar-refractivity contribution in [3.05, 3.63) is 0 Å². The van der Waals surface area contributed by atoms with E-state index in [0.29, 0.717) is 0 Å². The minimum atomic E-state index is 0.723. The van der Waals surface area contributed by atoms with Crippen LogP contribution in [-0.2, 0) is 0 Å². The lowest BCUT2D eigenvalue weighted by Crippen LogP contribution is -2.37. The lowest BCUT2D eigenvalue weighted by Gasteiger charge is -2.23. The van der Waals surface area contributed by atoms with E-state index in [-0.39, 0.29) is 0 Å². The standard InChI is InChI=1S/C16H34N2/c1-5-16(6-2)17-10-13-18-11-7-8-15(9-12-18)14(3)4/h14-17H,5-13H2,1-4H3. The zero-order chi connectivity index (χ0) is 13.4. The maximum Gasteiger partial charge on any atom is 0.0107 e. The van der Waals surface area contributed by atoms with Crippen LogP contribution in [0.25, 0.3) is 0 Å². The molecule has 1 rings (SSSR count). The summed E-state index contributed by atoms with van der Waals surface area (Å²) in [6, 6.07) is 0.723. The van der Waals surface area contributed by atoms with Crippen molar-refractivity contribution in [2.24, 2.45) is 11.8 Å². The Morgan fingerprint density at radius 2 is 1.83 bits per heavy atom. The number of nitrogens with zero attached hydrogens (tertiary/aromatic N) is 1. The van der Waals surface area contributed by atoms with Crippen molar-refractivity contribution < 1.29 is 0 Å². The third-order valence-electron chi connectivity index (χ3n) is 4.65. The molecule has 1 aliphatic rings. The summed E-state index contributed by atoms with van der Waals surface area (Å²) >= 11 is 0. The number of rotatable bonds is 7. The van der Waals surface area contributed by atoms with Gasteiger partial charge in [0.25, 0.3) is 0 Å². The highest BCUT2D eigenvalue weighted by Crippen LogP contribution is 2.24. The van der Waals surface area contributed by atoms with Gasteiger partial charge in [0.15, 0.2) is 0 Å². The average Bonchev–Trinajstić information content (AvgIpc) is 2.60. The van der Waals surface area contributed by atoms with Gasteiger partial charge >= 0.3 is 0 Å². The molecule has 0 spiro atoms. The monoisotopic (exact) mass is 254 g/mol. The molecule has 2 nitrogen and oxygen atoms in total. The van der Waals surface area contributed by atoms with E-state index in [2.05, 4.69) is 37.9 Å². The van der Waals surface area contributed by atoms with Gasteiger partial charge in [0.2, 0.25) is 0 Å². The van der Waals surface area contributed by atoms with E-state index in [1.54, 1.807) is 0 Å². The van der Waals surface area contributed by atoms with Crippen LogP contribution < -0.4 is 5.32 Å². The normalized spacial score (nSPS) is 22.7. The Balaban J connectivity index is 2.19. The quantitative estimate of drug-likeness (QED) is 0.748. The van der Waals surface area contributed by atoms with E-state index < -0.39 is 0 Å². The van der Waals surface area contributed by atoms with Crippen LogP contribution in [0.15, 0.2) is 0 Å². The number of nitrogens with one attached hydrogen (secondary N) is 1. The van der Waals surface area contributed by atoms with Crippen molar-refractivity contribution in [2.45, 2.75) is 65.8 Å². The summed E-state index contributed by atoms with van der Waals surface area (Å²) in [6.07, 6.45) is 6.75. The van der Waals surface area contributed by atoms with Gasteiger partial charge in [0.1, 0.15) is 0 Å². The van der Waals surface area contributed by atoms with Crippen molar-refractivity contribution in [1.82, 2.24) is 10.2 Å². The molecule has 0 aromatic carbocycles. The first-order chi connectivity index (χ1) is 8.67. The van der Waals surface area contributed by atoms with E-state index in [1.165, 1.54) is 58.3 Å². The molecular weight excluding hydrogens is 220 g/mol. The van der Waals surface area contributed by atoms with Gasteiger partial charge in [0.05, 0.1) is 0 Å². The highest BCUT2D eigenvalue weighted by atomic mass is 15.1. The van der Waals surface area contributed by atoms with Crippen LogP contribution in [-0.4, -0.2) is 37.1 Å². The molecule has 0 aromatic heterocycles. The second-order valence-electron chi connectivity index (χ2n) is 6.24. The molecule has 0 aromatic rings. The smallest absolute Gasteiger partial charge is 0.0107 e. The molecule has 2 heteroatoms. The molecule has 0 amide bonds. The lowest BCUT2D eigenvalue weighted by atomic mass is 9.89. The first kappa shape index (κ1) is 16.0. The van der Waals surface area contributed by atoms with Gasteiger partial charge < -0.3 is 10.2 Å². The van der Waals surface area contributed by atoms with E-state index in [4.69, 9.17) is 0 Å². The minimum Gasteiger partial charge on any atom is -0.313 e. The highest BCUT2D eigenvalue weighted by Gasteiger charge is 2.19. The van der Waals surface area contributed by atoms with E-state index >= 15 is 0 Å². The van der Waals surface area contributed by atoms with Crippen LogP contribution in [0.4, 0.5) is 0 Å². The fraction of sp³-hybridized carbons (Fsp3) is 1.00. The maximum absolute atomic E-state index is 3.68. The van der Waals surface area contributed by atoms with Crippen molar-refractivity contribution in [3.8, 4) is 0 Å². The Hall–Kier alpha value is -0.0800. The zero-order valence-corrected chi connectivity index (χ0v) is 13.0. The molecule has 1 heterocycles. The predicted octanol–water partition coefficient (Wildman–Crippen LogP) is 3.52. The summed E-state index contributed by atoms with van der Waals surface area (Å²) in [6.45, 7) is 14.4. The van der Waals surface area contributed by atoms with E-state index in [9.17, 15) is 0 Å². The first-order valence-electron chi connectivity index (χ1n) is 8.13. The van der Waals surface area contributed by atoms with Crippen LogP contribution in [0.1, 0.15) is 59.8 Å². The molecular formula is C16H34N2. The molecule has 1 N–H and O–H groups in total. The molecule has 1 fully saturated rings. The van der Waals surface area contributed by atoms with Gasteiger partial charge in [-0.25, -0.2) is 0 Å². The van der Waals surface area contributed by atoms with Crippen molar-refractivity contribution in [3.63, 3.8) is 0 Å². The van der Waals surface area contributed by atoms with E-state index in [0.717, 1.165) is 17.9 Å². The van der Waals surface area contributed by atoms with Crippen LogP contribution in [0.2, 0.25) is 0 Å². The Bertz CT molecular complexity index is 199. The van der Waals surface area contributed by atoms with Crippen LogP contribution in [0.3, 0.4) is 0 Å². The molecule has 18 heavy (non-hydrogen) atoms. The third kappa shape index (κ3) is 5.71. The summed E-state index contributed by atoms with van der Waals surface area (Å²) < 4.78 is 0. The van der Waals surface area contributed by atoms with Crippen LogP contribution in [0.5, 0.6) is 0 Å². The molecule has 0 bridgehead atoms. The third-order valence-corrected chi connectivity index (χ3v) is 4.65. The van der Waals surface area contributed by atoms with Crippen molar-refractivity contribution in [2.75, 3.05) is 26.2 Å². The lowest BCUT2D eigenvalue weighted by molar-refractivity contribution is 0.266. The molecule has 108 valence electrons. The molecule has 0 aliphatic carbocycles. The maximum atomic E-state index is 3.68. The Morgan fingerprint density at radius 3 is 2.44 bits per heavy atom. The number of hydrogen-bond donors (Lipinski definition) is 1. The number of hydrogen-bond acceptors (Lipinski definition) is 2. The summed E-state index contributed by atoms with van der Waals surface area (Å²) in [4.78, 5) is 2.66. The second kappa shape index (κ2) is 8.92. The van der Waals surface area contributed by atoms with E-state index in [1.807, 2.05) is 0 Å². The average molecular weight is 254 g/mol. The molecule has 1 unspecified atom stereocenters. The first-order valence-corrected chi connectivity index (χ1v) is 8.13. The Kier molecular flexibility index (Phi) is 7.92. The van der Waals surface area contributed by atoms with Gasteiger partial charge in [-0.15, -0.1) is 0 Å². The predicted molar refractivity (Wildman–Crippen MR) is 81.0 cm³/mol. The van der Waals surface area contributed by atoms with Crippen LogP contribution >= 0.6 is 0 Å². The summed E-state index contributed by atoms with van der Waals surface area (Å²) in [5.41, 5.74) is 0. The fourth-order valence-electron chi connectivity index (χ4n) is 3.08. The largest absolute Gasteiger partial charge is 0.313 e. The second-order valence-corrected chi connectivity index (χ2v) is 6.24. The molecule has 1 aliphatic heterocycles. The zero-order valence-electron chi connectivity index (χ0n) is 13.0. The Labute approximate surface area is 115 Å². The van der Waals surface area contributed by atoms with Crippen molar-refractivity contribution in [1.29, 1.82) is 0 Å².